The van der Waals surface area contributed by atoms with Crippen LogP contribution in [-0.2, 0) is 4.79 Å². The molecule has 1 aromatic carbocycles. The first-order valence-electron chi connectivity index (χ1n) is 7.80. The van der Waals surface area contributed by atoms with Gasteiger partial charge in [-0.05, 0) is 49.6 Å². The van der Waals surface area contributed by atoms with Crippen LogP contribution in [0, 0.1) is 20.8 Å². The lowest BCUT2D eigenvalue weighted by atomic mass is 10.1. The Labute approximate surface area is 149 Å². The number of carbonyl (C=O) groups is 1. The average molecular weight is 354 g/mol. The van der Waals surface area contributed by atoms with Gasteiger partial charge in [-0.15, -0.1) is 0 Å². The normalized spacial score (nSPS) is 10.8. The van der Waals surface area contributed by atoms with E-state index in [9.17, 15) is 9.59 Å². The standard InChI is InChI=1S/C18H18N4O2S/c1-11-7-8-15-20-17(21-18(24)22(15)9-11)25-10-16(23)19-14-6-4-5-12(2)13(14)3/h4-9H,10H2,1-3H3,(H,19,23). The van der Waals surface area contributed by atoms with Crippen molar-refractivity contribution in [3.05, 3.63) is 63.7 Å². The highest BCUT2D eigenvalue weighted by atomic mass is 32.2. The summed E-state index contributed by atoms with van der Waals surface area (Å²) in [6.45, 7) is 5.86. The number of anilines is 1. The molecule has 1 N–H and O–H groups in total. The first-order chi connectivity index (χ1) is 11.9. The molecule has 0 unspecified atom stereocenters. The number of amides is 1. The van der Waals surface area contributed by atoms with Crippen LogP contribution in [0.5, 0.6) is 0 Å². The molecule has 0 aliphatic heterocycles. The van der Waals surface area contributed by atoms with Gasteiger partial charge in [0.2, 0.25) is 5.91 Å². The van der Waals surface area contributed by atoms with Gasteiger partial charge in [0.1, 0.15) is 5.65 Å². The minimum absolute atomic E-state index is 0.134. The summed E-state index contributed by atoms with van der Waals surface area (Å²) in [5, 5.41) is 3.18. The van der Waals surface area contributed by atoms with Crippen molar-refractivity contribution in [1.29, 1.82) is 0 Å². The van der Waals surface area contributed by atoms with Crippen LogP contribution < -0.4 is 11.0 Å². The smallest absolute Gasteiger partial charge is 0.325 e. The van der Waals surface area contributed by atoms with Crippen LogP contribution in [0.2, 0.25) is 0 Å². The van der Waals surface area contributed by atoms with E-state index in [-0.39, 0.29) is 11.7 Å². The van der Waals surface area contributed by atoms with Crippen molar-refractivity contribution < 1.29 is 4.79 Å². The van der Waals surface area contributed by atoms with E-state index in [1.54, 1.807) is 12.3 Å². The lowest BCUT2D eigenvalue weighted by Gasteiger charge is -2.10. The zero-order chi connectivity index (χ0) is 18.0. The Hall–Kier alpha value is -2.67. The Morgan fingerprint density at radius 1 is 1.16 bits per heavy atom. The molecule has 0 aliphatic carbocycles. The van der Waals surface area contributed by atoms with Crippen molar-refractivity contribution in [3.63, 3.8) is 0 Å². The van der Waals surface area contributed by atoms with Crippen LogP contribution in [-0.4, -0.2) is 26.0 Å². The maximum atomic E-state index is 12.2. The summed E-state index contributed by atoms with van der Waals surface area (Å²) >= 11 is 1.14. The van der Waals surface area contributed by atoms with Gasteiger partial charge in [0, 0.05) is 11.9 Å². The van der Waals surface area contributed by atoms with Crippen LogP contribution in [0.25, 0.3) is 5.65 Å². The van der Waals surface area contributed by atoms with E-state index in [2.05, 4.69) is 15.3 Å². The number of nitrogens with zero attached hydrogens (tertiary/aromatic N) is 3. The number of hydrogen-bond donors (Lipinski definition) is 1. The number of carbonyl (C=O) groups excluding carboxylic acids is 1. The third kappa shape index (κ3) is 3.88. The lowest BCUT2D eigenvalue weighted by Crippen LogP contribution is -2.20. The number of benzene rings is 1. The first-order valence-corrected chi connectivity index (χ1v) is 8.78. The van der Waals surface area contributed by atoms with Crippen molar-refractivity contribution >= 4 is 29.0 Å². The topological polar surface area (TPSA) is 76.4 Å². The average Bonchev–Trinajstić information content (AvgIpc) is 2.58. The summed E-state index contributed by atoms with van der Waals surface area (Å²) in [6.07, 6.45) is 1.69. The predicted octanol–water partition coefficient (Wildman–Crippen LogP) is 2.75. The molecule has 25 heavy (non-hydrogen) atoms. The van der Waals surface area contributed by atoms with E-state index in [1.807, 2.05) is 45.0 Å². The number of rotatable bonds is 4. The molecule has 1 amide bonds. The van der Waals surface area contributed by atoms with Gasteiger partial charge < -0.3 is 5.32 Å². The Morgan fingerprint density at radius 2 is 1.96 bits per heavy atom. The molecule has 0 radical (unpaired) electrons. The van der Waals surface area contributed by atoms with Crippen LogP contribution in [0.3, 0.4) is 0 Å². The van der Waals surface area contributed by atoms with Crippen molar-refractivity contribution in [2.75, 3.05) is 11.1 Å². The summed E-state index contributed by atoms with van der Waals surface area (Å²) in [5.41, 5.74) is 4.02. The second-order valence-corrected chi connectivity index (χ2v) is 6.75. The second kappa shape index (κ2) is 7.06. The molecule has 128 valence electrons. The number of aryl methyl sites for hydroxylation is 2. The van der Waals surface area contributed by atoms with E-state index >= 15 is 0 Å². The zero-order valence-electron chi connectivity index (χ0n) is 14.2. The number of fused-ring (bicyclic) bond motifs is 1. The van der Waals surface area contributed by atoms with Gasteiger partial charge in [-0.2, -0.15) is 4.98 Å². The van der Waals surface area contributed by atoms with Crippen LogP contribution in [0.1, 0.15) is 16.7 Å². The molecule has 0 atom stereocenters. The number of hydrogen-bond acceptors (Lipinski definition) is 5. The number of nitrogens with one attached hydrogen (secondary N) is 1. The maximum Gasteiger partial charge on any atom is 0.355 e. The summed E-state index contributed by atoms with van der Waals surface area (Å²) in [6, 6.07) is 9.41. The third-order valence-corrected chi connectivity index (χ3v) is 4.74. The molecule has 0 saturated heterocycles. The van der Waals surface area contributed by atoms with E-state index in [0.717, 1.165) is 34.1 Å². The largest absolute Gasteiger partial charge is 0.355 e. The van der Waals surface area contributed by atoms with Gasteiger partial charge in [0.25, 0.3) is 0 Å². The molecule has 2 heterocycles. The maximum absolute atomic E-state index is 12.2. The van der Waals surface area contributed by atoms with Crippen LogP contribution >= 0.6 is 11.8 Å². The van der Waals surface area contributed by atoms with Crippen molar-refractivity contribution in [2.24, 2.45) is 0 Å². The Balaban J connectivity index is 1.72. The SMILES string of the molecule is Cc1ccc2nc(SCC(=O)Nc3cccc(C)c3C)nc(=O)n2c1. The predicted molar refractivity (Wildman–Crippen MR) is 99.3 cm³/mol. The van der Waals surface area contributed by atoms with Crippen molar-refractivity contribution in [1.82, 2.24) is 14.4 Å². The molecule has 0 aliphatic rings. The van der Waals surface area contributed by atoms with Gasteiger partial charge in [-0.3, -0.25) is 9.20 Å². The molecule has 6 nitrogen and oxygen atoms in total. The summed E-state index contributed by atoms with van der Waals surface area (Å²) in [4.78, 5) is 32.5. The molecule has 3 rings (SSSR count). The van der Waals surface area contributed by atoms with Gasteiger partial charge in [-0.25, -0.2) is 9.78 Å². The minimum Gasteiger partial charge on any atom is -0.325 e. The fraction of sp³-hybridized carbons (Fsp3) is 0.222. The van der Waals surface area contributed by atoms with Crippen LogP contribution in [0.4, 0.5) is 5.69 Å². The molecular formula is C18H18N4O2S. The fourth-order valence-electron chi connectivity index (χ4n) is 2.37. The highest BCUT2D eigenvalue weighted by Gasteiger charge is 2.10. The third-order valence-electron chi connectivity index (χ3n) is 3.89. The number of thioether (sulfide) groups is 1. The molecule has 0 spiro atoms. The Morgan fingerprint density at radius 3 is 2.76 bits per heavy atom. The van der Waals surface area contributed by atoms with Gasteiger partial charge in [0.15, 0.2) is 5.16 Å². The number of pyridine rings is 1. The van der Waals surface area contributed by atoms with E-state index in [0.29, 0.717) is 10.8 Å². The highest BCUT2D eigenvalue weighted by molar-refractivity contribution is 7.99. The minimum atomic E-state index is -0.397. The van der Waals surface area contributed by atoms with Gasteiger partial charge in [0.05, 0.1) is 5.75 Å². The molecule has 7 heteroatoms. The molecule has 0 bridgehead atoms. The quantitative estimate of drug-likeness (QED) is 0.729. The van der Waals surface area contributed by atoms with E-state index in [1.165, 1.54) is 4.40 Å². The molecule has 0 fully saturated rings. The lowest BCUT2D eigenvalue weighted by molar-refractivity contribution is -0.113. The Kier molecular flexibility index (Phi) is 4.85. The summed E-state index contributed by atoms with van der Waals surface area (Å²) in [5.74, 6) is -0.0269. The van der Waals surface area contributed by atoms with Gasteiger partial charge >= 0.3 is 5.69 Å². The zero-order valence-corrected chi connectivity index (χ0v) is 15.1. The van der Waals surface area contributed by atoms with E-state index < -0.39 is 5.69 Å². The first kappa shape index (κ1) is 17.2. The van der Waals surface area contributed by atoms with Crippen molar-refractivity contribution in [2.45, 2.75) is 25.9 Å². The highest BCUT2D eigenvalue weighted by Crippen LogP contribution is 2.19. The molecule has 2 aromatic heterocycles. The van der Waals surface area contributed by atoms with Gasteiger partial charge in [-0.1, -0.05) is 30.0 Å². The molecular weight excluding hydrogens is 336 g/mol. The second-order valence-electron chi connectivity index (χ2n) is 5.81. The monoisotopic (exact) mass is 354 g/mol. The molecule has 0 saturated carbocycles. The molecule has 3 aromatic rings. The summed E-state index contributed by atoms with van der Waals surface area (Å²) < 4.78 is 1.40. The van der Waals surface area contributed by atoms with E-state index in [4.69, 9.17) is 0 Å². The number of aromatic nitrogens is 3. The summed E-state index contributed by atoms with van der Waals surface area (Å²) in [7, 11) is 0. The van der Waals surface area contributed by atoms with Crippen molar-refractivity contribution in [3.8, 4) is 0 Å². The fourth-order valence-corrected chi connectivity index (χ4v) is 3.00. The Bertz CT molecular complexity index is 1010. The van der Waals surface area contributed by atoms with Crippen LogP contribution in [0.15, 0.2) is 46.5 Å².